The molecule has 0 aliphatic carbocycles. The fraction of sp³-hybridized carbons (Fsp3) is 0.250. The van der Waals surface area contributed by atoms with Gasteiger partial charge in [0.25, 0.3) is 0 Å². The summed E-state index contributed by atoms with van der Waals surface area (Å²) in [5, 5.41) is 0. The number of hydrogen-bond acceptors (Lipinski definition) is 2. The van der Waals surface area contributed by atoms with Crippen molar-refractivity contribution >= 4 is 5.69 Å². The van der Waals surface area contributed by atoms with E-state index in [-0.39, 0.29) is 0 Å². The summed E-state index contributed by atoms with van der Waals surface area (Å²) in [6.07, 6.45) is 0. The van der Waals surface area contributed by atoms with Gasteiger partial charge in [-0.1, -0.05) is 24.3 Å². The molecule has 0 saturated carbocycles. The van der Waals surface area contributed by atoms with Gasteiger partial charge in [-0.15, -0.1) is 0 Å². The Kier molecular flexibility index (Phi) is 3.56. The molecule has 0 aromatic heterocycles. The molecule has 2 nitrogen and oxygen atoms in total. The van der Waals surface area contributed by atoms with Gasteiger partial charge in [-0.05, 0) is 49.1 Å². The Balaban J connectivity index is 2.06. The van der Waals surface area contributed by atoms with E-state index in [4.69, 9.17) is 10.5 Å². The third kappa shape index (κ3) is 2.83. The highest BCUT2D eigenvalue weighted by molar-refractivity contribution is 5.50. The number of hydrogen-bond donors (Lipinski definition) is 1. The highest BCUT2D eigenvalue weighted by Gasteiger charge is 2.00. The van der Waals surface area contributed by atoms with Crippen molar-refractivity contribution in [3.63, 3.8) is 0 Å². The molecule has 0 aliphatic rings. The molecule has 94 valence electrons. The van der Waals surface area contributed by atoms with Crippen LogP contribution < -0.4 is 10.5 Å². The van der Waals surface area contributed by atoms with Crippen LogP contribution >= 0.6 is 0 Å². The molecule has 0 spiro atoms. The minimum absolute atomic E-state index is 0.573. The third-order valence-corrected chi connectivity index (χ3v) is 3.23. The molecule has 2 aromatic rings. The van der Waals surface area contributed by atoms with Crippen molar-refractivity contribution in [1.82, 2.24) is 0 Å². The molecule has 0 atom stereocenters. The molecule has 18 heavy (non-hydrogen) atoms. The summed E-state index contributed by atoms with van der Waals surface area (Å²) in [7, 11) is 0. The molecule has 0 amide bonds. The molecule has 0 fully saturated rings. The van der Waals surface area contributed by atoms with Gasteiger partial charge in [-0.3, -0.25) is 0 Å². The Hall–Kier alpha value is -1.96. The lowest BCUT2D eigenvalue weighted by Gasteiger charge is -2.09. The van der Waals surface area contributed by atoms with Gasteiger partial charge in [0.2, 0.25) is 0 Å². The van der Waals surface area contributed by atoms with Crippen LogP contribution in [0.25, 0.3) is 0 Å². The van der Waals surface area contributed by atoms with E-state index in [2.05, 4.69) is 32.0 Å². The predicted molar refractivity (Wildman–Crippen MR) is 75.8 cm³/mol. The number of ether oxygens (including phenoxy) is 1. The SMILES string of the molecule is Cc1ccc(COc2ccc(C)c(N)c2)cc1C. The maximum atomic E-state index is 5.85. The Bertz CT molecular complexity index is 510. The normalized spacial score (nSPS) is 10.4. The van der Waals surface area contributed by atoms with Crippen LogP contribution in [0.2, 0.25) is 0 Å². The first-order valence-electron chi connectivity index (χ1n) is 6.11. The second kappa shape index (κ2) is 5.13. The lowest BCUT2D eigenvalue weighted by atomic mass is 10.1. The Morgan fingerprint density at radius 2 is 1.61 bits per heavy atom. The highest BCUT2D eigenvalue weighted by atomic mass is 16.5. The van der Waals surface area contributed by atoms with Crippen LogP contribution in [0.1, 0.15) is 22.3 Å². The second-order valence-electron chi connectivity index (χ2n) is 4.73. The molecule has 2 heteroatoms. The average molecular weight is 241 g/mol. The molecule has 0 aliphatic heterocycles. The van der Waals surface area contributed by atoms with E-state index in [9.17, 15) is 0 Å². The van der Waals surface area contributed by atoms with Crippen LogP contribution in [-0.4, -0.2) is 0 Å². The van der Waals surface area contributed by atoms with Crippen LogP contribution in [0.4, 0.5) is 5.69 Å². The van der Waals surface area contributed by atoms with E-state index < -0.39 is 0 Å². The van der Waals surface area contributed by atoms with Gasteiger partial charge in [-0.25, -0.2) is 0 Å². The molecule has 0 unspecified atom stereocenters. The van der Waals surface area contributed by atoms with Gasteiger partial charge >= 0.3 is 0 Å². The van der Waals surface area contributed by atoms with E-state index in [0.29, 0.717) is 6.61 Å². The van der Waals surface area contributed by atoms with Gasteiger partial charge in [0, 0.05) is 11.8 Å². The van der Waals surface area contributed by atoms with Gasteiger partial charge in [-0.2, -0.15) is 0 Å². The lowest BCUT2D eigenvalue weighted by Crippen LogP contribution is -1.98. The van der Waals surface area contributed by atoms with E-state index in [0.717, 1.165) is 17.0 Å². The fourth-order valence-electron chi connectivity index (χ4n) is 1.77. The molecule has 2 N–H and O–H groups in total. The molecule has 2 rings (SSSR count). The van der Waals surface area contributed by atoms with Crippen molar-refractivity contribution in [2.45, 2.75) is 27.4 Å². The quantitative estimate of drug-likeness (QED) is 0.830. The molecule has 0 bridgehead atoms. The third-order valence-electron chi connectivity index (χ3n) is 3.23. The topological polar surface area (TPSA) is 35.2 Å². The first-order chi connectivity index (χ1) is 8.56. The Morgan fingerprint density at radius 3 is 2.28 bits per heavy atom. The van der Waals surface area contributed by atoms with Crippen molar-refractivity contribution in [2.24, 2.45) is 0 Å². The molecular formula is C16H19NO. The van der Waals surface area contributed by atoms with Gasteiger partial charge in [0.05, 0.1) is 0 Å². The zero-order valence-electron chi connectivity index (χ0n) is 11.2. The largest absolute Gasteiger partial charge is 0.489 e. The number of nitrogens with two attached hydrogens (primary N) is 1. The molecule has 0 heterocycles. The van der Waals surface area contributed by atoms with Gasteiger partial charge in [0.1, 0.15) is 12.4 Å². The van der Waals surface area contributed by atoms with Crippen LogP contribution in [0, 0.1) is 20.8 Å². The first-order valence-corrected chi connectivity index (χ1v) is 6.11. The summed E-state index contributed by atoms with van der Waals surface area (Å²) in [6, 6.07) is 12.2. The standard InChI is InChI=1S/C16H19NO/c1-11-4-6-14(8-13(11)3)10-18-15-7-5-12(2)16(17)9-15/h4-9H,10,17H2,1-3H3. The average Bonchev–Trinajstić information content (AvgIpc) is 2.35. The minimum atomic E-state index is 0.573. The van der Waals surface area contributed by atoms with E-state index in [1.807, 2.05) is 25.1 Å². The fourth-order valence-corrected chi connectivity index (χ4v) is 1.77. The zero-order valence-corrected chi connectivity index (χ0v) is 11.2. The van der Waals surface area contributed by atoms with Crippen molar-refractivity contribution in [3.05, 3.63) is 58.7 Å². The Morgan fingerprint density at radius 1 is 0.889 bits per heavy atom. The summed E-state index contributed by atoms with van der Waals surface area (Å²) in [5.74, 6) is 0.816. The molecule has 0 radical (unpaired) electrons. The predicted octanol–water partition coefficient (Wildman–Crippen LogP) is 3.77. The van der Waals surface area contributed by atoms with Crippen LogP contribution in [0.15, 0.2) is 36.4 Å². The van der Waals surface area contributed by atoms with Crippen LogP contribution in [0.5, 0.6) is 5.75 Å². The summed E-state index contributed by atoms with van der Waals surface area (Å²) in [6.45, 7) is 6.79. The Labute approximate surface area is 108 Å². The van der Waals surface area contributed by atoms with Gasteiger partial charge < -0.3 is 10.5 Å². The van der Waals surface area contributed by atoms with Crippen LogP contribution in [0.3, 0.4) is 0 Å². The van der Waals surface area contributed by atoms with Crippen molar-refractivity contribution < 1.29 is 4.74 Å². The smallest absolute Gasteiger partial charge is 0.121 e. The minimum Gasteiger partial charge on any atom is -0.489 e. The van der Waals surface area contributed by atoms with Gasteiger partial charge in [0.15, 0.2) is 0 Å². The summed E-state index contributed by atoms with van der Waals surface area (Å²) < 4.78 is 5.74. The molecule has 0 saturated heterocycles. The van der Waals surface area contributed by atoms with Crippen molar-refractivity contribution in [3.8, 4) is 5.75 Å². The zero-order chi connectivity index (χ0) is 13.1. The van der Waals surface area contributed by atoms with Crippen LogP contribution in [-0.2, 0) is 6.61 Å². The summed E-state index contributed by atoms with van der Waals surface area (Å²) >= 11 is 0. The maximum Gasteiger partial charge on any atom is 0.121 e. The lowest BCUT2D eigenvalue weighted by molar-refractivity contribution is 0.306. The van der Waals surface area contributed by atoms with E-state index in [1.165, 1.54) is 16.7 Å². The first kappa shape index (κ1) is 12.5. The number of rotatable bonds is 3. The van der Waals surface area contributed by atoms with E-state index >= 15 is 0 Å². The molecular weight excluding hydrogens is 222 g/mol. The number of nitrogen functional groups attached to an aromatic ring is 1. The number of benzene rings is 2. The number of anilines is 1. The highest BCUT2D eigenvalue weighted by Crippen LogP contribution is 2.20. The van der Waals surface area contributed by atoms with E-state index in [1.54, 1.807) is 0 Å². The molecule has 2 aromatic carbocycles. The van der Waals surface area contributed by atoms with Crippen molar-refractivity contribution in [1.29, 1.82) is 0 Å². The van der Waals surface area contributed by atoms with Crippen molar-refractivity contribution in [2.75, 3.05) is 5.73 Å². The monoisotopic (exact) mass is 241 g/mol. The number of aryl methyl sites for hydroxylation is 3. The summed E-state index contributed by atoms with van der Waals surface area (Å²) in [4.78, 5) is 0. The maximum absolute atomic E-state index is 5.85. The summed E-state index contributed by atoms with van der Waals surface area (Å²) in [5.41, 5.74) is 11.5. The second-order valence-corrected chi connectivity index (χ2v) is 4.73.